The van der Waals surface area contributed by atoms with Crippen LogP contribution in [0.15, 0.2) is 36.4 Å². The number of hydrogen-bond acceptors (Lipinski definition) is 3. The van der Waals surface area contributed by atoms with Crippen molar-refractivity contribution in [3.05, 3.63) is 58.1 Å². The van der Waals surface area contributed by atoms with E-state index in [9.17, 15) is 0 Å². The summed E-state index contributed by atoms with van der Waals surface area (Å²) in [6.45, 7) is 2.02. The number of nitrogens with two attached hydrogens (primary N) is 1. The molecule has 0 amide bonds. The summed E-state index contributed by atoms with van der Waals surface area (Å²) in [7, 11) is 3.24. The van der Waals surface area contributed by atoms with Crippen LogP contribution < -0.4 is 15.2 Å². The van der Waals surface area contributed by atoms with Gasteiger partial charge >= 0.3 is 0 Å². The fourth-order valence-electron chi connectivity index (χ4n) is 2.13. The number of ether oxygens (including phenoxy) is 2. The van der Waals surface area contributed by atoms with E-state index in [1.54, 1.807) is 14.2 Å². The molecule has 0 saturated carbocycles. The van der Waals surface area contributed by atoms with Crippen molar-refractivity contribution in [2.24, 2.45) is 5.73 Å². The van der Waals surface area contributed by atoms with Gasteiger partial charge in [-0.25, -0.2) is 0 Å². The van der Waals surface area contributed by atoms with Crippen molar-refractivity contribution < 1.29 is 9.47 Å². The molecule has 0 aromatic heterocycles. The molecule has 0 aliphatic heterocycles. The smallest absolute Gasteiger partial charge is 0.122 e. The third-order valence-electron chi connectivity index (χ3n) is 3.31. The zero-order valence-corrected chi connectivity index (χ0v) is 12.6. The number of rotatable bonds is 4. The van der Waals surface area contributed by atoms with Gasteiger partial charge < -0.3 is 15.2 Å². The molecule has 0 aliphatic carbocycles. The van der Waals surface area contributed by atoms with E-state index in [0.717, 1.165) is 28.2 Å². The largest absolute Gasteiger partial charge is 0.497 e. The van der Waals surface area contributed by atoms with Crippen molar-refractivity contribution in [3.63, 3.8) is 0 Å². The van der Waals surface area contributed by atoms with E-state index in [-0.39, 0.29) is 6.04 Å². The van der Waals surface area contributed by atoms with Gasteiger partial charge in [-0.3, -0.25) is 0 Å². The average molecular weight is 292 g/mol. The highest BCUT2D eigenvalue weighted by atomic mass is 35.5. The van der Waals surface area contributed by atoms with Crippen LogP contribution in [-0.2, 0) is 0 Å². The van der Waals surface area contributed by atoms with E-state index in [2.05, 4.69) is 0 Å². The Morgan fingerprint density at radius 3 is 2.15 bits per heavy atom. The molecule has 1 atom stereocenters. The lowest BCUT2D eigenvalue weighted by molar-refractivity contribution is 0.393. The maximum Gasteiger partial charge on any atom is 0.122 e. The summed E-state index contributed by atoms with van der Waals surface area (Å²) in [6.07, 6.45) is 0. The van der Waals surface area contributed by atoms with Crippen molar-refractivity contribution in [2.45, 2.75) is 13.0 Å². The Bertz CT molecular complexity index is 591. The molecule has 0 aliphatic rings. The topological polar surface area (TPSA) is 44.5 Å². The molecule has 2 rings (SSSR count). The summed E-state index contributed by atoms with van der Waals surface area (Å²) < 4.78 is 10.6. The molecule has 2 N–H and O–H groups in total. The monoisotopic (exact) mass is 291 g/mol. The Hall–Kier alpha value is -1.71. The fraction of sp³-hybridized carbons (Fsp3) is 0.250. The zero-order valence-electron chi connectivity index (χ0n) is 11.8. The molecule has 4 heteroatoms. The average Bonchev–Trinajstić information content (AvgIpc) is 2.48. The van der Waals surface area contributed by atoms with Gasteiger partial charge in [0.15, 0.2) is 0 Å². The second-order valence-corrected chi connectivity index (χ2v) is 5.06. The Labute approximate surface area is 124 Å². The summed E-state index contributed by atoms with van der Waals surface area (Å²) in [5.74, 6) is 1.43. The molecule has 0 saturated heterocycles. The molecule has 0 bridgehead atoms. The van der Waals surface area contributed by atoms with Crippen molar-refractivity contribution in [1.82, 2.24) is 0 Å². The van der Waals surface area contributed by atoms with Crippen LogP contribution in [0.2, 0.25) is 5.02 Å². The molecule has 106 valence electrons. The number of hydrogen-bond donors (Lipinski definition) is 1. The molecule has 0 radical (unpaired) electrons. The summed E-state index contributed by atoms with van der Waals surface area (Å²) in [5, 5.41) is 0.677. The molecule has 3 nitrogen and oxygen atoms in total. The maximum absolute atomic E-state index is 6.36. The summed E-state index contributed by atoms with van der Waals surface area (Å²) >= 11 is 6.06. The highest BCUT2D eigenvalue weighted by Gasteiger charge is 2.14. The first-order valence-electron chi connectivity index (χ1n) is 6.29. The standard InChI is InChI=1S/C16H18ClNO2/c1-10-4-5-12(17)8-15(10)16(18)11-6-13(19-2)9-14(7-11)20-3/h4-9,16H,18H2,1-3H3. The summed E-state index contributed by atoms with van der Waals surface area (Å²) in [6, 6.07) is 11.1. The van der Waals surface area contributed by atoms with Crippen LogP contribution in [0, 0.1) is 6.92 Å². The first-order chi connectivity index (χ1) is 9.55. The molecule has 2 aromatic carbocycles. The van der Waals surface area contributed by atoms with Gasteiger partial charge in [-0.15, -0.1) is 0 Å². The molecule has 20 heavy (non-hydrogen) atoms. The number of aryl methyl sites for hydroxylation is 1. The minimum Gasteiger partial charge on any atom is -0.497 e. The van der Waals surface area contributed by atoms with E-state index in [4.69, 9.17) is 26.8 Å². The first kappa shape index (κ1) is 14.7. The Morgan fingerprint density at radius 2 is 1.60 bits per heavy atom. The van der Waals surface area contributed by atoms with Gasteiger partial charge in [0.1, 0.15) is 11.5 Å². The van der Waals surface area contributed by atoms with Gasteiger partial charge in [0, 0.05) is 11.1 Å². The van der Waals surface area contributed by atoms with Crippen LogP contribution in [0.5, 0.6) is 11.5 Å². The number of methoxy groups -OCH3 is 2. The van der Waals surface area contributed by atoms with E-state index >= 15 is 0 Å². The highest BCUT2D eigenvalue weighted by molar-refractivity contribution is 6.30. The molecule has 0 spiro atoms. The van der Waals surface area contributed by atoms with E-state index in [1.165, 1.54) is 0 Å². The number of halogens is 1. The van der Waals surface area contributed by atoms with E-state index in [0.29, 0.717) is 5.02 Å². The summed E-state index contributed by atoms with van der Waals surface area (Å²) in [4.78, 5) is 0. The molecular weight excluding hydrogens is 274 g/mol. The van der Waals surface area contributed by atoms with Gasteiger partial charge in [-0.1, -0.05) is 17.7 Å². The SMILES string of the molecule is COc1cc(OC)cc(C(N)c2cc(Cl)ccc2C)c1. The minimum atomic E-state index is -0.280. The minimum absolute atomic E-state index is 0.280. The molecule has 0 fully saturated rings. The second kappa shape index (κ2) is 6.16. The quantitative estimate of drug-likeness (QED) is 0.934. The van der Waals surface area contributed by atoms with Gasteiger partial charge in [-0.2, -0.15) is 0 Å². The van der Waals surface area contributed by atoms with Crippen LogP contribution in [0.1, 0.15) is 22.7 Å². The normalized spacial score (nSPS) is 12.1. The zero-order chi connectivity index (χ0) is 14.7. The van der Waals surface area contributed by atoms with Crippen molar-refractivity contribution in [3.8, 4) is 11.5 Å². The third-order valence-corrected chi connectivity index (χ3v) is 3.54. The van der Waals surface area contributed by atoms with E-state index in [1.807, 2.05) is 43.3 Å². The highest BCUT2D eigenvalue weighted by Crippen LogP contribution is 2.30. The number of benzene rings is 2. The maximum atomic E-state index is 6.36. The van der Waals surface area contributed by atoms with Crippen molar-refractivity contribution >= 4 is 11.6 Å². The van der Waals surface area contributed by atoms with Gasteiger partial charge in [0.2, 0.25) is 0 Å². The molecular formula is C16H18ClNO2. The summed E-state index contributed by atoms with van der Waals surface area (Å²) in [5.41, 5.74) is 9.38. The van der Waals surface area contributed by atoms with Gasteiger partial charge in [0.25, 0.3) is 0 Å². The van der Waals surface area contributed by atoms with E-state index < -0.39 is 0 Å². The van der Waals surface area contributed by atoms with Gasteiger partial charge in [-0.05, 0) is 47.9 Å². The van der Waals surface area contributed by atoms with Crippen molar-refractivity contribution in [1.29, 1.82) is 0 Å². The predicted octanol–water partition coefficient (Wildman–Crippen LogP) is 3.71. The third kappa shape index (κ3) is 3.06. The second-order valence-electron chi connectivity index (χ2n) is 4.62. The molecule has 0 heterocycles. The van der Waals surface area contributed by atoms with Crippen LogP contribution in [-0.4, -0.2) is 14.2 Å². The Balaban J connectivity index is 2.46. The van der Waals surface area contributed by atoms with Crippen molar-refractivity contribution in [2.75, 3.05) is 14.2 Å². The fourth-order valence-corrected chi connectivity index (χ4v) is 2.32. The van der Waals surface area contributed by atoms with Crippen LogP contribution in [0.3, 0.4) is 0 Å². The lowest BCUT2D eigenvalue weighted by Gasteiger charge is -2.17. The Morgan fingerprint density at radius 1 is 1.00 bits per heavy atom. The predicted molar refractivity (Wildman–Crippen MR) is 81.8 cm³/mol. The van der Waals surface area contributed by atoms with Gasteiger partial charge in [0.05, 0.1) is 20.3 Å². The lowest BCUT2D eigenvalue weighted by Crippen LogP contribution is -2.13. The molecule has 2 aromatic rings. The van der Waals surface area contributed by atoms with Crippen LogP contribution in [0.25, 0.3) is 0 Å². The first-order valence-corrected chi connectivity index (χ1v) is 6.67. The van der Waals surface area contributed by atoms with Crippen LogP contribution >= 0.6 is 11.6 Å². The molecule has 1 unspecified atom stereocenters. The Kier molecular flexibility index (Phi) is 4.53. The van der Waals surface area contributed by atoms with Crippen LogP contribution in [0.4, 0.5) is 0 Å². The lowest BCUT2D eigenvalue weighted by atomic mass is 9.95.